The maximum Gasteiger partial charge on any atom is 0.446 e. The smallest absolute Gasteiger partial charge is 0.446 e. The number of carbonyl (C=O) groups is 1. The van der Waals surface area contributed by atoms with Crippen LogP contribution in [-0.4, -0.2) is 18.1 Å². The highest BCUT2D eigenvalue weighted by molar-refractivity contribution is 9.08. The van der Waals surface area contributed by atoms with Crippen LogP contribution >= 0.6 is 27.7 Å². The molecule has 0 radical (unpaired) electrons. The Morgan fingerprint density at radius 3 is 2.60 bits per heavy atom. The van der Waals surface area contributed by atoms with E-state index in [0.717, 1.165) is 6.07 Å². The number of rotatable bonds is 4. The van der Waals surface area contributed by atoms with Crippen LogP contribution in [0.15, 0.2) is 17.0 Å². The third-order valence-electron chi connectivity index (χ3n) is 2.17. The van der Waals surface area contributed by atoms with Crippen LogP contribution in [-0.2, 0) is 10.1 Å². The van der Waals surface area contributed by atoms with Gasteiger partial charge in [-0.25, -0.2) is 4.79 Å². The van der Waals surface area contributed by atoms with Gasteiger partial charge in [-0.1, -0.05) is 15.9 Å². The zero-order chi connectivity index (χ0) is 15.3. The van der Waals surface area contributed by atoms with Gasteiger partial charge in [0.05, 0.1) is 17.7 Å². The Kier molecular flexibility index (Phi) is 5.89. The fraction of sp³-hybridized carbons (Fsp3) is 0.333. The summed E-state index contributed by atoms with van der Waals surface area (Å²) in [5.74, 6) is -0.720. The molecule has 1 rings (SSSR count). The van der Waals surface area contributed by atoms with Gasteiger partial charge in [0.15, 0.2) is 0 Å². The molecule has 0 bridgehead atoms. The average Bonchev–Trinajstić information content (AvgIpc) is 2.35. The number of nitrogens with zero attached hydrogens (tertiary/aromatic N) is 1. The fourth-order valence-electron chi connectivity index (χ4n) is 1.50. The number of benzene rings is 1. The SMILES string of the molecule is CCOC(=O)c1c(C#N)cc(SC(F)(F)F)cc1CBr. The maximum absolute atomic E-state index is 12.4. The minimum Gasteiger partial charge on any atom is -0.462 e. The topological polar surface area (TPSA) is 50.1 Å². The average molecular weight is 368 g/mol. The molecule has 0 saturated heterocycles. The molecule has 0 aliphatic carbocycles. The summed E-state index contributed by atoms with van der Waals surface area (Å²) in [6, 6.07) is 3.99. The first kappa shape index (κ1) is 16.9. The molecule has 0 aliphatic rings. The van der Waals surface area contributed by atoms with E-state index in [2.05, 4.69) is 15.9 Å². The van der Waals surface area contributed by atoms with Crippen molar-refractivity contribution in [2.24, 2.45) is 0 Å². The molecule has 0 heterocycles. The number of hydrogen-bond acceptors (Lipinski definition) is 4. The Morgan fingerprint density at radius 1 is 1.50 bits per heavy atom. The monoisotopic (exact) mass is 367 g/mol. The molecule has 0 saturated carbocycles. The van der Waals surface area contributed by atoms with Crippen LogP contribution in [0.1, 0.15) is 28.4 Å². The van der Waals surface area contributed by atoms with Gasteiger partial charge in [0, 0.05) is 10.2 Å². The van der Waals surface area contributed by atoms with Crippen LogP contribution in [0.2, 0.25) is 0 Å². The summed E-state index contributed by atoms with van der Waals surface area (Å²) in [7, 11) is 0. The molecule has 8 heteroatoms. The van der Waals surface area contributed by atoms with Crippen molar-refractivity contribution in [1.29, 1.82) is 5.26 Å². The van der Waals surface area contributed by atoms with E-state index in [1.54, 1.807) is 13.0 Å². The summed E-state index contributed by atoms with van der Waals surface area (Å²) in [4.78, 5) is 11.6. The first-order valence-electron chi connectivity index (χ1n) is 5.38. The zero-order valence-corrected chi connectivity index (χ0v) is 12.7. The van der Waals surface area contributed by atoms with Crippen molar-refractivity contribution in [3.63, 3.8) is 0 Å². The largest absolute Gasteiger partial charge is 0.462 e. The molecule has 3 nitrogen and oxygen atoms in total. The third-order valence-corrected chi connectivity index (χ3v) is 3.48. The van der Waals surface area contributed by atoms with Gasteiger partial charge in [0.1, 0.15) is 6.07 Å². The molecule has 0 fully saturated rings. The van der Waals surface area contributed by atoms with Crippen LogP contribution in [0.3, 0.4) is 0 Å². The summed E-state index contributed by atoms with van der Waals surface area (Å²) in [5, 5.41) is 9.16. The lowest BCUT2D eigenvalue weighted by Crippen LogP contribution is -2.11. The highest BCUT2D eigenvalue weighted by Crippen LogP contribution is 2.38. The van der Waals surface area contributed by atoms with Crippen molar-refractivity contribution in [3.8, 4) is 6.07 Å². The molecule has 0 aromatic heterocycles. The number of carbonyl (C=O) groups excluding carboxylic acids is 1. The fourth-order valence-corrected chi connectivity index (χ4v) is 2.59. The molecule has 108 valence electrons. The van der Waals surface area contributed by atoms with E-state index in [0.29, 0.717) is 0 Å². The second kappa shape index (κ2) is 6.99. The second-order valence-electron chi connectivity index (χ2n) is 3.52. The molecule has 0 atom stereocenters. The number of alkyl halides is 4. The Balaban J connectivity index is 3.33. The van der Waals surface area contributed by atoms with Gasteiger partial charge >= 0.3 is 11.5 Å². The van der Waals surface area contributed by atoms with Crippen molar-refractivity contribution in [2.75, 3.05) is 6.61 Å². The quantitative estimate of drug-likeness (QED) is 0.453. The second-order valence-corrected chi connectivity index (χ2v) is 5.22. The highest BCUT2D eigenvalue weighted by atomic mass is 79.9. The number of thioether (sulfide) groups is 1. The summed E-state index contributed by atoms with van der Waals surface area (Å²) in [6.07, 6.45) is 0. The Hall–Kier alpha value is -1.20. The van der Waals surface area contributed by atoms with Gasteiger partial charge in [-0.3, -0.25) is 0 Å². The predicted octanol–water partition coefficient (Wildman–Crippen LogP) is 4.24. The van der Waals surface area contributed by atoms with Gasteiger partial charge in [-0.15, -0.1) is 0 Å². The lowest BCUT2D eigenvalue weighted by atomic mass is 10.0. The number of halogens is 4. The van der Waals surface area contributed by atoms with Crippen LogP contribution in [0.5, 0.6) is 0 Å². The van der Waals surface area contributed by atoms with Gasteiger partial charge in [-0.2, -0.15) is 18.4 Å². The third kappa shape index (κ3) is 4.42. The van der Waals surface area contributed by atoms with Crippen LogP contribution in [0.4, 0.5) is 13.2 Å². The molecular weight excluding hydrogens is 359 g/mol. The molecule has 0 N–H and O–H groups in total. The lowest BCUT2D eigenvalue weighted by Gasteiger charge is -2.12. The normalized spacial score (nSPS) is 11.0. The van der Waals surface area contributed by atoms with Gasteiger partial charge in [-0.05, 0) is 36.4 Å². The van der Waals surface area contributed by atoms with Crippen molar-refractivity contribution >= 4 is 33.7 Å². The zero-order valence-electron chi connectivity index (χ0n) is 10.3. The molecule has 0 aliphatic heterocycles. The number of hydrogen-bond donors (Lipinski definition) is 0. The molecule has 0 unspecified atom stereocenters. The predicted molar refractivity (Wildman–Crippen MR) is 71.7 cm³/mol. The van der Waals surface area contributed by atoms with Crippen LogP contribution in [0.25, 0.3) is 0 Å². The number of nitriles is 1. The Labute approximate surface area is 126 Å². The van der Waals surface area contributed by atoms with Crippen molar-refractivity contribution in [2.45, 2.75) is 22.7 Å². The number of esters is 1. The first-order chi connectivity index (χ1) is 9.32. The summed E-state index contributed by atoms with van der Waals surface area (Å²) >= 11 is 2.77. The van der Waals surface area contributed by atoms with Crippen LogP contribution in [0, 0.1) is 11.3 Å². The van der Waals surface area contributed by atoms with Crippen molar-refractivity contribution < 1.29 is 22.7 Å². The van der Waals surface area contributed by atoms with Crippen LogP contribution < -0.4 is 0 Å². The van der Waals surface area contributed by atoms with E-state index in [1.807, 2.05) is 0 Å². The maximum atomic E-state index is 12.4. The Bertz CT molecular complexity index is 555. The van der Waals surface area contributed by atoms with E-state index in [-0.39, 0.29) is 45.3 Å². The van der Waals surface area contributed by atoms with E-state index >= 15 is 0 Å². The summed E-state index contributed by atoms with van der Waals surface area (Å²) in [6.45, 7) is 1.72. The molecule has 1 aromatic rings. The minimum atomic E-state index is -4.46. The molecule has 0 amide bonds. The van der Waals surface area contributed by atoms with E-state index in [1.165, 1.54) is 6.07 Å². The molecule has 1 aromatic carbocycles. The van der Waals surface area contributed by atoms with E-state index in [4.69, 9.17) is 10.00 Å². The van der Waals surface area contributed by atoms with Gasteiger partial charge < -0.3 is 4.74 Å². The van der Waals surface area contributed by atoms with Crippen molar-refractivity contribution in [3.05, 3.63) is 28.8 Å². The molecule has 0 spiro atoms. The van der Waals surface area contributed by atoms with Crippen molar-refractivity contribution in [1.82, 2.24) is 0 Å². The molecule has 20 heavy (non-hydrogen) atoms. The Morgan fingerprint density at radius 2 is 2.15 bits per heavy atom. The van der Waals surface area contributed by atoms with Gasteiger partial charge in [0.2, 0.25) is 0 Å². The highest BCUT2D eigenvalue weighted by Gasteiger charge is 2.30. The van der Waals surface area contributed by atoms with E-state index in [9.17, 15) is 18.0 Å². The number of ether oxygens (including phenoxy) is 1. The first-order valence-corrected chi connectivity index (χ1v) is 7.32. The van der Waals surface area contributed by atoms with Gasteiger partial charge in [0.25, 0.3) is 0 Å². The standard InChI is InChI=1S/C12H9BrF3NO2S/c1-2-19-11(18)10-7(5-13)3-9(4-8(10)6-17)20-12(14,15)16/h3-4H,2,5H2,1H3. The summed E-state index contributed by atoms with van der Waals surface area (Å²) in [5.41, 5.74) is -4.30. The van der Waals surface area contributed by atoms with E-state index < -0.39 is 11.5 Å². The minimum absolute atomic E-state index is 0.00208. The molecular formula is C12H9BrF3NO2S. The summed E-state index contributed by atoms with van der Waals surface area (Å²) < 4.78 is 41.9. The lowest BCUT2D eigenvalue weighted by molar-refractivity contribution is -0.0328.